The summed E-state index contributed by atoms with van der Waals surface area (Å²) >= 11 is 1.33. The van der Waals surface area contributed by atoms with E-state index in [1.807, 2.05) is 6.92 Å². The van der Waals surface area contributed by atoms with E-state index in [4.69, 9.17) is 5.84 Å². The topological polar surface area (TPSA) is 107 Å². The zero-order chi connectivity index (χ0) is 12.1. The lowest BCUT2D eigenvalue weighted by molar-refractivity contribution is -0.389. The summed E-state index contributed by atoms with van der Waals surface area (Å²) in [5, 5.41) is 11.2. The molecule has 1 aromatic rings. The smallest absolute Gasteiger partial charge is 0.292 e. The molecule has 1 rings (SSSR count). The van der Waals surface area contributed by atoms with E-state index in [0.29, 0.717) is 10.7 Å². The number of rotatable bonds is 5. The number of nitrogen functional groups attached to an aromatic ring is 1. The van der Waals surface area contributed by atoms with Crippen LogP contribution in [0.1, 0.15) is 19.0 Å². The minimum Gasteiger partial charge on any atom is -0.292 e. The van der Waals surface area contributed by atoms with Crippen molar-refractivity contribution in [3.8, 4) is 0 Å². The number of nitrogens with two attached hydrogens (primary N) is 1. The van der Waals surface area contributed by atoms with Gasteiger partial charge in [0.1, 0.15) is 5.69 Å². The molecule has 16 heavy (non-hydrogen) atoms. The molecule has 0 atom stereocenters. The van der Waals surface area contributed by atoms with Crippen molar-refractivity contribution in [2.45, 2.75) is 25.3 Å². The van der Waals surface area contributed by atoms with Gasteiger partial charge in [-0.15, -0.1) is 0 Å². The first-order chi connectivity index (χ1) is 7.60. The Hall–Kier alpha value is -1.41. The SMILES string of the molecule is CCCSc1nc(NN)nc(C)c1[N+](=O)[O-]. The van der Waals surface area contributed by atoms with Crippen molar-refractivity contribution < 1.29 is 4.92 Å². The molecule has 8 heteroatoms. The molecule has 0 saturated heterocycles. The Labute approximate surface area is 97.0 Å². The fourth-order valence-electron chi connectivity index (χ4n) is 1.11. The third-order valence-corrected chi connectivity index (χ3v) is 2.95. The molecule has 1 aromatic heterocycles. The van der Waals surface area contributed by atoms with Crippen molar-refractivity contribution in [1.29, 1.82) is 0 Å². The third-order valence-electron chi connectivity index (χ3n) is 1.78. The van der Waals surface area contributed by atoms with Crippen molar-refractivity contribution in [3.05, 3.63) is 15.8 Å². The molecule has 0 aliphatic rings. The second-order valence-corrected chi connectivity index (χ2v) is 4.12. The molecule has 0 fully saturated rings. The highest BCUT2D eigenvalue weighted by Crippen LogP contribution is 2.30. The van der Waals surface area contributed by atoms with Gasteiger partial charge in [-0.05, 0) is 19.1 Å². The zero-order valence-corrected chi connectivity index (χ0v) is 9.87. The molecule has 3 N–H and O–H groups in total. The first-order valence-corrected chi connectivity index (χ1v) is 5.71. The highest BCUT2D eigenvalue weighted by molar-refractivity contribution is 7.99. The first-order valence-electron chi connectivity index (χ1n) is 4.72. The fraction of sp³-hybridized carbons (Fsp3) is 0.500. The van der Waals surface area contributed by atoms with Gasteiger partial charge < -0.3 is 0 Å². The van der Waals surface area contributed by atoms with Crippen molar-refractivity contribution in [2.24, 2.45) is 5.84 Å². The maximum Gasteiger partial charge on any atom is 0.322 e. The Morgan fingerprint density at radius 3 is 2.75 bits per heavy atom. The Kier molecular flexibility index (Phi) is 4.44. The van der Waals surface area contributed by atoms with Crippen LogP contribution in [-0.4, -0.2) is 20.6 Å². The van der Waals surface area contributed by atoms with E-state index in [-0.39, 0.29) is 11.6 Å². The van der Waals surface area contributed by atoms with E-state index in [2.05, 4.69) is 15.4 Å². The summed E-state index contributed by atoms with van der Waals surface area (Å²) in [5.74, 6) is 6.15. The van der Waals surface area contributed by atoms with Crippen LogP contribution in [0, 0.1) is 17.0 Å². The minimum atomic E-state index is -0.465. The summed E-state index contributed by atoms with van der Waals surface area (Å²) in [6.45, 7) is 3.56. The summed E-state index contributed by atoms with van der Waals surface area (Å²) in [4.78, 5) is 18.3. The molecule has 0 amide bonds. The monoisotopic (exact) mass is 243 g/mol. The van der Waals surface area contributed by atoms with E-state index < -0.39 is 4.92 Å². The van der Waals surface area contributed by atoms with E-state index in [1.165, 1.54) is 11.8 Å². The number of thioether (sulfide) groups is 1. The van der Waals surface area contributed by atoms with Gasteiger partial charge in [-0.1, -0.05) is 18.7 Å². The number of hydrogen-bond donors (Lipinski definition) is 2. The molecule has 0 bridgehead atoms. The molecule has 0 spiro atoms. The lowest BCUT2D eigenvalue weighted by Crippen LogP contribution is -2.12. The normalized spacial score (nSPS) is 10.2. The number of aromatic nitrogens is 2. The highest BCUT2D eigenvalue weighted by atomic mass is 32.2. The van der Waals surface area contributed by atoms with Crippen LogP contribution in [-0.2, 0) is 0 Å². The molecule has 88 valence electrons. The van der Waals surface area contributed by atoms with Crippen LogP contribution in [0.2, 0.25) is 0 Å². The molecule has 7 nitrogen and oxygen atoms in total. The molecule has 0 radical (unpaired) electrons. The number of hydrogen-bond acceptors (Lipinski definition) is 7. The van der Waals surface area contributed by atoms with Crippen molar-refractivity contribution >= 4 is 23.4 Å². The number of nitrogens with one attached hydrogen (secondary N) is 1. The molecular formula is C8H13N5O2S. The second-order valence-electron chi connectivity index (χ2n) is 3.04. The summed E-state index contributed by atoms with van der Waals surface area (Å²) in [5.41, 5.74) is 2.56. The second kappa shape index (κ2) is 5.61. The Balaban J connectivity index is 3.17. The molecule has 0 aliphatic carbocycles. The molecule has 0 unspecified atom stereocenters. The number of nitro groups is 1. The summed E-state index contributed by atoms with van der Waals surface area (Å²) < 4.78 is 0. The highest BCUT2D eigenvalue weighted by Gasteiger charge is 2.21. The zero-order valence-electron chi connectivity index (χ0n) is 9.06. The molecule has 1 heterocycles. The van der Waals surface area contributed by atoms with Crippen LogP contribution in [0.15, 0.2) is 5.03 Å². The van der Waals surface area contributed by atoms with Gasteiger partial charge in [0.15, 0.2) is 5.03 Å². The molecule has 0 saturated carbocycles. The van der Waals surface area contributed by atoms with Gasteiger partial charge in [0, 0.05) is 0 Å². The average Bonchev–Trinajstić information content (AvgIpc) is 2.24. The quantitative estimate of drug-likeness (QED) is 0.265. The average molecular weight is 243 g/mol. The van der Waals surface area contributed by atoms with Crippen LogP contribution >= 0.6 is 11.8 Å². The molecule has 0 aromatic carbocycles. The summed E-state index contributed by atoms with van der Waals surface area (Å²) in [6.07, 6.45) is 0.913. The van der Waals surface area contributed by atoms with Crippen LogP contribution in [0.25, 0.3) is 0 Å². The van der Waals surface area contributed by atoms with Crippen LogP contribution < -0.4 is 11.3 Å². The Morgan fingerprint density at radius 1 is 1.56 bits per heavy atom. The van der Waals surface area contributed by atoms with Gasteiger partial charge in [-0.25, -0.2) is 10.8 Å². The first kappa shape index (κ1) is 12.7. The van der Waals surface area contributed by atoms with Crippen molar-refractivity contribution in [1.82, 2.24) is 9.97 Å². The number of nitrogens with zero attached hydrogens (tertiary/aromatic N) is 3. The third kappa shape index (κ3) is 2.80. The molecular weight excluding hydrogens is 230 g/mol. The lowest BCUT2D eigenvalue weighted by atomic mass is 10.4. The minimum absolute atomic E-state index is 0.0440. The van der Waals surface area contributed by atoms with Gasteiger partial charge in [0.2, 0.25) is 5.95 Å². The van der Waals surface area contributed by atoms with Gasteiger partial charge in [0.05, 0.1) is 4.92 Å². The van der Waals surface area contributed by atoms with Crippen molar-refractivity contribution in [3.63, 3.8) is 0 Å². The number of anilines is 1. The lowest BCUT2D eigenvalue weighted by Gasteiger charge is -2.05. The van der Waals surface area contributed by atoms with Crippen LogP contribution in [0.3, 0.4) is 0 Å². The predicted octanol–water partition coefficient (Wildman–Crippen LogP) is 1.48. The standard InChI is InChI=1S/C8H13N5O2S/c1-3-4-16-7-6(13(14)15)5(2)10-8(11-7)12-9/h3-4,9H2,1-2H3,(H,10,11,12). The number of hydrazine groups is 1. The van der Waals surface area contributed by atoms with E-state index >= 15 is 0 Å². The van der Waals surface area contributed by atoms with E-state index in [1.54, 1.807) is 6.92 Å². The van der Waals surface area contributed by atoms with Crippen LogP contribution in [0.4, 0.5) is 11.6 Å². The summed E-state index contributed by atoms with van der Waals surface area (Å²) in [6, 6.07) is 0. The fourth-order valence-corrected chi connectivity index (χ4v) is 2.02. The Bertz CT molecular complexity index is 398. The van der Waals surface area contributed by atoms with E-state index in [9.17, 15) is 10.1 Å². The van der Waals surface area contributed by atoms with E-state index in [0.717, 1.165) is 12.2 Å². The predicted molar refractivity (Wildman–Crippen MR) is 62.2 cm³/mol. The number of aryl methyl sites for hydroxylation is 1. The Morgan fingerprint density at radius 2 is 2.25 bits per heavy atom. The van der Waals surface area contributed by atoms with Crippen molar-refractivity contribution in [2.75, 3.05) is 11.2 Å². The van der Waals surface area contributed by atoms with Gasteiger partial charge in [-0.3, -0.25) is 15.5 Å². The molecule has 0 aliphatic heterocycles. The van der Waals surface area contributed by atoms with Gasteiger partial charge in [0.25, 0.3) is 0 Å². The maximum atomic E-state index is 10.9. The van der Waals surface area contributed by atoms with Gasteiger partial charge >= 0.3 is 5.69 Å². The largest absolute Gasteiger partial charge is 0.322 e. The summed E-state index contributed by atoms with van der Waals surface area (Å²) in [7, 11) is 0. The maximum absolute atomic E-state index is 10.9. The van der Waals surface area contributed by atoms with Gasteiger partial charge in [-0.2, -0.15) is 4.98 Å². The van der Waals surface area contributed by atoms with Crippen LogP contribution in [0.5, 0.6) is 0 Å².